The van der Waals surface area contributed by atoms with Crippen LogP contribution in [0.4, 0.5) is 5.82 Å². The number of aromatic amines is 1. The van der Waals surface area contributed by atoms with Crippen molar-refractivity contribution in [2.75, 3.05) is 38.8 Å². The van der Waals surface area contributed by atoms with Crippen LogP contribution in [0.1, 0.15) is 32.1 Å². The van der Waals surface area contributed by atoms with E-state index in [9.17, 15) is 0 Å². The molecule has 4 rings (SSSR count). The van der Waals surface area contributed by atoms with E-state index in [2.05, 4.69) is 38.8 Å². The Kier molecular flexibility index (Phi) is 6.64. The van der Waals surface area contributed by atoms with Crippen LogP contribution in [0.2, 0.25) is 0 Å². The molecule has 3 aromatic rings. The highest BCUT2D eigenvalue weighted by Gasteiger charge is 2.11. The zero-order valence-electron chi connectivity index (χ0n) is 17.1. The molecule has 0 amide bonds. The molecule has 2 N–H and O–H groups in total. The molecule has 0 atom stereocenters. The van der Waals surface area contributed by atoms with Crippen LogP contribution in [-0.2, 0) is 4.84 Å². The van der Waals surface area contributed by atoms with Crippen molar-refractivity contribution in [2.24, 2.45) is 0 Å². The van der Waals surface area contributed by atoms with Crippen LogP contribution in [0.15, 0.2) is 42.5 Å². The third-order valence-corrected chi connectivity index (χ3v) is 5.57. The van der Waals surface area contributed by atoms with Gasteiger partial charge in [0.25, 0.3) is 0 Å². The average Bonchev–Trinajstić information content (AvgIpc) is 3.24. The van der Waals surface area contributed by atoms with E-state index in [4.69, 9.17) is 9.57 Å². The molecule has 0 radical (unpaired) electrons. The van der Waals surface area contributed by atoms with Crippen LogP contribution >= 0.6 is 0 Å². The van der Waals surface area contributed by atoms with Gasteiger partial charge in [-0.05, 0) is 62.8 Å². The number of piperidine rings is 1. The minimum absolute atomic E-state index is 0.682. The van der Waals surface area contributed by atoms with Crippen molar-refractivity contribution in [3.63, 3.8) is 0 Å². The molecule has 1 aromatic heterocycles. The summed E-state index contributed by atoms with van der Waals surface area (Å²) in [5.74, 6) is 1.56. The maximum Gasteiger partial charge on any atom is 0.172 e. The van der Waals surface area contributed by atoms with Crippen LogP contribution in [0, 0.1) is 0 Å². The summed E-state index contributed by atoms with van der Waals surface area (Å²) in [6.45, 7) is 4.38. The standard InChI is InChI=1S/C23H30N4O2/c1-28-22-12-11-19(18-9-3-4-10-20(18)22)21-17-23(25-24-21)26-29-16-8-7-15-27-13-5-2-6-14-27/h3-4,9-12,17H,2,5-8,13-16H2,1H3,(H2,24,25,26). The number of methoxy groups -OCH3 is 1. The molecule has 0 saturated carbocycles. The number of anilines is 1. The van der Waals surface area contributed by atoms with E-state index in [0.29, 0.717) is 12.4 Å². The molecule has 1 aliphatic rings. The molecular formula is C23H30N4O2. The van der Waals surface area contributed by atoms with E-state index in [1.807, 2.05) is 24.3 Å². The van der Waals surface area contributed by atoms with Gasteiger partial charge < -0.3 is 9.64 Å². The third kappa shape index (κ3) is 4.89. The van der Waals surface area contributed by atoms with Crippen molar-refractivity contribution in [1.29, 1.82) is 0 Å². The van der Waals surface area contributed by atoms with E-state index < -0.39 is 0 Å². The molecule has 6 nitrogen and oxygen atoms in total. The maximum atomic E-state index is 5.61. The Balaban J connectivity index is 1.29. The highest BCUT2D eigenvalue weighted by molar-refractivity contribution is 5.99. The van der Waals surface area contributed by atoms with Gasteiger partial charge in [-0.1, -0.05) is 30.7 Å². The Morgan fingerprint density at radius 2 is 1.86 bits per heavy atom. The molecular weight excluding hydrogens is 364 g/mol. The van der Waals surface area contributed by atoms with E-state index in [1.54, 1.807) is 7.11 Å². The SMILES string of the molecule is COc1ccc(-c2cc(NOCCCCN3CCCCC3)n[nH]2)c2ccccc12. The predicted octanol–water partition coefficient (Wildman–Crippen LogP) is 4.85. The molecule has 154 valence electrons. The average molecular weight is 395 g/mol. The number of nitrogens with zero attached hydrogens (tertiary/aromatic N) is 2. The van der Waals surface area contributed by atoms with Crippen molar-refractivity contribution < 1.29 is 9.57 Å². The number of likely N-dealkylation sites (tertiary alicyclic amines) is 1. The number of unbranched alkanes of at least 4 members (excludes halogenated alkanes) is 1. The minimum atomic E-state index is 0.682. The highest BCUT2D eigenvalue weighted by atomic mass is 16.6. The smallest absolute Gasteiger partial charge is 0.172 e. The number of hydrogen-bond donors (Lipinski definition) is 2. The lowest BCUT2D eigenvalue weighted by molar-refractivity contribution is 0.173. The first-order chi connectivity index (χ1) is 14.3. The number of fused-ring (bicyclic) bond motifs is 1. The van der Waals surface area contributed by atoms with Crippen LogP contribution in [0.25, 0.3) is 22.0 Å². The van der Waals surface area contributed by atoms with Gasteiger partial charge in [0.15, 0.2) is 5.82 Å². The summed E-state index contributed by atoms with van der Waals surface area (Å²) in [7, 11) is 1.70. The summed E-state index contributed by atoms with van der Waals surface area (Å²) in [4.78, 5) is 8.18. The molecule has 0 unspecified atom stereocenters. The lowest BCUT2D eigenvalue weighted by Crippen LogP contribution is -2.30. The fourth-order valence-corrected chi connectivity index (χ4v) is 4.01. The Labute approximate surface area is 172 Å². The second kappa shape index (κ2) is 9.76. The zero-order chi connectivity index (χ0) is 19.9. The first-order valence-corrected chi connectivity index (χ1v) is 10.6. The summed E-state index contributed by atoms with van der Waals surface area (Å²) < 4.78 is 5.49. The monoisotopic (exact) mass is 394 g/mol. The van der Waals surface area contributed by atoms with Gasteiger partial charge in [-0.2, -0.15) is 5.10 Å². The Hall–Kier alpha value is -2.57. The molecule has 6 heteroatoms. The lowest BCUT2D eigenvalue weighted by atomic mass is 10.0. The molecule has 2 aromatic carbocycles. The second-order valence-electron chi connectivity index (χ2n) is 7.59. The van der Waals surface area contributed by atoms with E-state index in [1.165, 1.54) is 45.3 Å². The quantitative estimate of drug-likeness (QED) is 0.401. The number of hydrogen-bond acceptors (Lipinski definition) is 5. The van der Waals surface area contributed by atoms with Crippen molar-refractivity contribution in [2.45, 2.75) is 32.1 Å². The van der Waals surface area contributed by atoms with Gasteiger partial charge in [0, 0.05) is 17.0 Å². The predicted molar refractivity (Wildman–Crippen MR) is 117 cm³/mol. The maximum absolute atomic E-state index is 5.61. The summed E-state index contributed by atoms with van der Waals surface area (Å²) in [5, 5.41) is 9.65. The Morgan fingerprint density at radius 1 is 1.03 bits per heavy atom. The molecule has 0 aliphatic carbocycles. The highest BCUT2D eigenvalue weighted by Crippen LogP contribution is 2.34. The fraction of sp³-hybridized carbons (Fsp3) is 0.435. The van der Waals surface area contributed by atoms with Crippen molar-refractivity contribution in [1.82, 2.24) is 15.1 Å². The van der Waals surface area contributed by atoms with Gasteiger partial charge in [0.1, 0.15) is 5.75 Å². The molecule has 1 aliphatic heterocycles. The van der Waals surface area contributed by atoms with Crippen LogP contribution in [-0.4, -0.2) is 48.4 Å². The van der Waals surface area contributed by atoms with Crippen molar-refractivity contribution in [3.05, 3.63) is 42.5 Å². The zero-order valence-corrected chi connectivity index (χ0v) is 17.1. The van der Waals surface area contributed by atoms with Crippen LogP contribution < -0.4 is 10.2 Å². The Bertz CT molecular complexity index is 918. The first-order valence-electron chi connectivity index (χ1n) is 10.6. The van der Waals surface area contributed by atoms with E-state index >= 15 is 0 Å². The van der Waals surface area contributed by atoms with Gasteiger partial charge in [-0.3, -0.25) is 9.94 Å². The van der Waals surface area contributed by atoms with Gasteiger partial charge >= 0.3 is 0 Å². The van der Waals surface area contributed by atoms with Gasteiger partial charge in [-0.15, -0.1) is 0 Å². The molecule has 2 heterocycles. The van der Waals surface area contributed by atoms with Gasteiger partial charge in [-0.25, -0.2) is 5.48 Å². The summed E-state index contributed by atoms with van der Waals surface area (Å²) >= 11 is 0. The number of aromatic nitrogens is 2. The normalized spacial score (nSPS) is 14.9. The third-order valence-electron chi connectivity index (χ3n) is 5.57. The second-order valence-corrected chi connectivity index (χ2v) is 7.59. The molecule has 29 heavy (non-hydrogen) atoms. The summed E-state index contributed by atoms with van der Waals surface area (Å²) in [6, 6.07) is 14.2. The van der Waals surface area contributed by atoms with Crippen molar-refractivity contribution >= 4 is 16.6 Å². The van der Waals surface area contributed by atoms with Gasteiger partial charge in [0.2, 0.25) is 0 Å². The topological polar surface area (TPSA) is 62.4 Å². The first kappa shape index (κ1) is 19.7. The minimum Gasteiger partial charge on any atom is -0.496 e. The largest absolute Gasteiger partial charge is 0.496 e. The Morgan fingerprint density at radius 3 is 2.69 bits per heavy atom. The fourth-order valence-electron chi connectivity index (χ4n) is 4.01. The van der Waals surface area contributed by atoms with E-state index in [0.717, 1.165) is 34.2 Å². The number of ether oxygens (including phenoxy) is 1. The summed E-state index contributed by atoms with van der Waals surface area (Å²) in [5.41, 5.74) is 4.99. The molecule has 1 saturated heterocycles. The number of H-pyrrole nitrogens is 1. The molecule has 0 spiro atoms. The van der Waals surface area contributed by atoms with Crippen LogP contribution in [0.3, 0.4) is 0 Å². The molecule has 0 bridgehead atoms. The van der Waals surface area contributed by atoms with Gasteiger partial charge in [0.05, 0.1) is 19.4 Å². The number of nitrogens with one attached hydrogen (secondary N) is 2. The molecule has 1 fully saturated rings. The van der Waals surface area contributed by atoms with E-state index in [-0.39, 0.29) is 0 Å². The van der Waals surface area contributed by atoms with Crippen molar-refractivity contribution in [3.8, 4) is 17.0 Å². The lowest BCUT2D eigenvalue weighted by Gasteiger charge is -2.26. The van der Waals surface area contributed by atoms with Crippen LogP contribution in [0.5, 0.6) is 5.75 Å². The summed E-state index contributed by atoms with van der Waals surface area (Å²) in [6.07, 6.45) is 6.31. The number of rotatable bonds is 9. The number of benzene rings is 2.